The second-order valence-electron chi connectivity index (χ2n) is 6.11. The SMILES string of the molecule is CNC(=O)c1cc(OC)cc2[nH]c(NC(=O)c3cc4ccccc4cn3)nc12. The largest absolute Gasteiger partial charge is 0.497 e. The maximum Gasteiger partial charge on any atom is 0.276 e. The molecule has 28 heavy (non-hydrogen) atoms. The Balaban J connectivity index is 1.68. The topological polar surface area (TPSA) is 109 Å². The molecule has 4 aromatic rings. The standard InChI is InChI=1S/C20H17N5O3/c1-21-18(26)14-8-13(28-2)9-15-17(14)24-20(23-15)25-19(27)16-7-11-5-3-4-6-12(11)10-22-16/h3-10H,1-2H3,(H,21,26)(H2,23,24,25,27). The third-order valence-electron chi connectivity index (χ3n) is 4.36. The zero-order chi connectivity index (χ0) is 19.7. The maximum atomic E-state index is 12.6. The second kappa shape index (κ2) is 6.99. The molecule has 0 saturated heterocycles. The third kappa shape index (κ3) is 3.11. The molecule has 0 spiro atoms. The lowest BCUT2D eigenvalue weighted by Gasteiger charge is -2.04. The van der Waals surface area contributed by atoms with Gasteiger partial charge in [-0.25, -0.2) is 4.98 Å². The van der Waals surface area contributed by atoms with Gasteiger partial charge in [0.1, 0.15) is 17.0 Å². The summed E-state index contributed by atoms with van der Waals surface area (Å²) in [7, 11) is 3.05. The van der Waals surface area contributed by atoms with Crippen LogP contribution in [-0.4, -0.2) is 40.9 Å². The Labute approximate surface area is 159 Å². The van der Waals surface area contributed by atoms with Crippen LogP contribution in [0.25, 0.3) is 21.8 Å². The number of rotatable bonds is 4. The van der Waals surface area contributed by atoms with Crippen molar-refractivity contribution in [2.24, 2.45) is 0 Å². The summed E-state index contributed by atoms with van der Waals surface area (Å²) >= 11 is 0. The Kier molecular flexibility index (Phi) is 4.36. The molecule has 0 aliphatic carbocycles. The fraction of sp³-hybridized carbons (Fsp3) is 0.100. The fourth-order valence-corrected chi connectivity index (χ4v) is 2.96. The number of nitrogens with zero attached hydrogens (tertiary/aromatic N) is 2. The van der Waals surface area contributed by atoms with Crippen molar-refractivity contribution in [1.29, 1.82) is 0 Å². The molecule has 0 atom stereocenters. The molecule has 2 amide bonds. The molecule has 2 aromatic carbocycles. The Morgan fingerprint density at radius 3 is 2.61 bits per heavy atom. The van der Waals surface area contributed by atoms with Crippen LogP contribution in [0.5, 0.6) is 5.75 Å². The molecular weight excluding hydrogens is 358 g/mol. The lowest BCUT2D eigenvalue weighted by Crippen LogP contribution is -2.18. The molecular formula is C20H17N5O3. The van der Waals surface area contributed by atoms with E-state index in [-0.39, 0.29) is 17.5 Å². The number of hydrogen-bond acceptors (Lipinski definition) is 5. The first-order valence-electron chi connectivity index (χ1n) is 8.55. The molecule has 0 saturated carbocycles. The van der Waals surface area contributed by atoms with Gasteiger partial charge in [-0.15, -0.1) is 0 Å². The predicted octanol–water partition coefficient (Wildman–Crippen LogP) is 2.73. The van der Waals surface area contributed by atoms with Crippen molar-refractivity contribution in [1.82, 2.24) is 20.3 Å². The summed E-state index contributed by atoms with van der Waals surface area (Å²) in [5.41, 5.74) is 1.61. The molecule has 3 N–H and O–H groups in total. The smallest absolute Gasteiger partial charge is 0.276 e. The Morgan fingerprint density at radius 2 is 1.86 bits per heavy atom. The number of H-pyrrole nitrogens is 1. The first-order valence-corrected chi connectivity index (χ1v) is 8.55. The first-order chi connectivity index (χ1) is 13.6. The van der Waals surface area contributed by atoms with Crippen molar-refractivity contribution < 1.29 is 14.3 Å². The summed E-state index contributed by atoms with van der Waals surface area (Å²) < 4.78 is 5.23. The van der Waals surface area contributed by atoms with E-state index < -0.39 is 5.91 Å². The number of nitrogens with one attached hydrogen (secondary N) is 3. The third-order valence-corrected chi connectivity index (χ3v) is 4.36. The number of ether oxygens (including phenoxy) is 1. The number of carbonyl (C=O) groups is 2. The van der Waals surface area contributed by atoms with E-state index in [1.165, 1.54) is 14.2 Å². The number of imidazole rings is 1. The van der Waals surface area contributed by atoms with Gasteiger partial charge in [-0.05, 0) is 17.5 Å². The van der Waals surface area contributed by atoms with Crippen LogP contribution >= 0.6 is 0 Å². The van der Waals surface area contributed by atoms with Gasteiger partial charge in [-0.1, -0.05) is 24.3 Å². The van der Waals surface area contributed by atoms with Crippen molar-refractivity contribution in [2.45, 2.75) is 0 Å². The number of pyridine rings is 1. The Morgan fingerprint density at radius 1 is 1.07 bits per heavy atom. The summed E-state index contributed by atoms with van der Waals surface area (Å²) in [5.74, 6) is 0.0138. The zero-order valence-electron chi connectivity index (χ0n) is 15.2. The quantitative estimate of drug-likeness (QED) is 0.508. The Hall–Kier alpha value is -3.94. The van der Waals surface area contributed by atoms with Crippen LogP contribution < -0.4 is 15.4 Å². The predicted molar refractivity (Wildman–Crippen MR) is 106 cm³/mol. The minimum Gasteiger partial charge on any atom is -0.497 e. The summed E-state index contributed by atoms with van der Waals surface area (Å²) in [6.45, 7) is 0. The highest BCUT2D eigenvalue weighted by Crippen LogP contribution is 2.25. The lowest BCUT2D eigenvalue weighted by molar-refractivity contribution is 0.0963. The van der Waals surface area contributed by atoms with E-state index in [0.717, 1.165) is 10.8 Å². The molecule has 2 heterocycles. The lowest BCUT2D eigenvalue weighted by atomic mass is 10.1. The molecule has 0 fully saturated rings. The van der Waals surface area contributed by atoms with E-state index in [1.807, 2.05) is 24.3 Å². The highest BCUT2D eigenvalue weighted by molar-refractivity contribution is 6.08. The molecule has 4 rings (SSSR count). The van der Waals surface area contributed by atoms with Crippen molar-refractivity contribution in [3.8, 4) is 5.75 Å². The van der Waals surface area contributed by atoms with Crippen molar-refractivity contribution >= 4 is 39.6 Å². The van der Waals surface area contributed by atoms with Crippen LogP contribution in [0, 0.1) is 0 Å². The number of fused-ring (bicyclic) bond motifs is 2. The van der Waals surface area contributed by atoms with E-state index in [1.54, 1.807) is 24.4 Å². The van der Waals surface area contributed by atoms with E-state index >= 15 is 0 Å². The number of hydrogen-bond donors (Lipinski definition) is 3. The average molecular weight is 375 g/mol. The number of anilines is 1. The van der Waals surface area contributed by atoms with E-state index in [4.69, 9.17) is 4.74 Å². The van der Waals surface area contributed by atoms with Gasteiger partial charge in [0.05, 0.1) is 18.2 Å². The van der Waals surface area contributed by atoms with Crippen LogP contribution in [-0.2, 0) is 0 Å². The van der Waals surface area contributed by atoms with Gasteiger partial charge < -0.3 is 15.0 Å². The van der Waals surface area contributed by atoms with Gasteiger partial charge in [0, 0.05) is 24.7 Å². The summed E-state index contributed by atoms with van der Waals surface area (Å²) in [6, 6.07) is 12.7. The summed E-state index contributed by atoms with van der Waals surface area (Å²) in [6.07, 6.45) is 1.65. The number of methoxy groups -OCH3 is 1. The van der Waals surface area contributed by atoms with E-state index in [0.29, 0.717) is 22.3 Å². The van der Waals surface area contributed by atoms with Gasteiger partial charge >= 0.3 is 0 Å². The molecule has 0 bridgehead atoms. The number of carbonyl (C=O) groups excluding carboxylic acids is 2. The molecule has 0 radical (unpaired) electrons. The molecule has 8 heteroatoms. The number of amides is 2. The highest BCUT2D eigenvalue weighted by atomic mass is 16.5. The fourth-order valence-electron chi connectivity index (χ4n) is 2.96. The number of aromatic nitrogens is 3. The van der Waals surface area contributed by atoms with Crippen LogP contribution in [0.1, 0.15) is 20.8 Å². The van der Waals surface area contributed by atoms with E-state index in [9.17, 15) is 9.59 Å². The molecule has 2 aromatic heterocycles. The second-order valence-corrected chi connectivity index (χ2v) is 6.11. The molecule has 0 aliphatic rings. The monoisotopic (exact) mass is 375 g/mol. The van der Waals surface area contributed by atoms with E-state index in [2.05, 4.69) is 25.6 Å². The van der Waals surface area contributed by atoms with Gasteiger partial charge in [0.2, 0.25) is 5.95 Å². The number of aromatic amines is 1. The average Bonchev–Trinajstić information content (AvgIpc) is 3.14. The van der Waals surface area contributed by atoms with Gasteiger partial charge in [-0.2, -0.15) is 0 Å². The number of benzene rings is 2. The minimum atomic E-state index is -0.404. The van der Waals surface area contributed by atoms with Gasteiger partial charge in [-0.3, -0.25) is 19.9 Å². The van der Waals surface area contributed by atoms with Crippen LogP contribution in [0.15, 0.2) is 48.7 Å². The van der Waals surface area contributed by atoms with Crippen molar-refractivity contribution in [2.75, 3.05) is 19.5 Å². The molecule has 0 unspecified atom stereocenters. The zero-order valence-corrected chi connectivity index (χ0v) is 15.2. The maximum absolute atomic E-state index is 12.6. The summed E-state index contributed by atoms with van der Waals surface area (Å²) in [5, 5.41) is 7.13. The van der Waals surface area contributed by atoms with Crippen LogP contribution in [0.4, 0.5) is 5.95 Å². The van der Waals surface area contributed by atoms with Crippen molar-refractivity contribution in [3.63, 3.8) is 0 Å². The minimum absolute atomic E-state index is 0.216. The Bertz CT molecular complexity index is 1220. The molecule has 8 nitrogen and oxygen atoms in total. The molecule has 0 aliphatic heterocycles. The van der Waals surface area contributed by atoms with Crippen LogP contribution in [0.3, 0.4) is 0 Å². The highest BCUT2D eigenvalue weighted by Gasteiger charge is 2.17. The summed E-state index contributed by atoms with van der Waals surface area (Å²) in [4.78, 5) is 36.3. The molecule has 140 valence electrons. The van der Waals surface area contributed by atoms with Gasteiger partial charge in [0.25, 0.3) is 11.8 Å². The van der Waals surface area contributed by atoms with Crippen molar-refractivity contribution in [3.05, 3.63) is 59.9 Å². The van der Waals surface area contributed by atoms with Gasteiger partial charge in [0.15, 0.2) is 0 Å². The van der Waals surface area contributed by atoms with Crippen LogP contribution in [0.2, 0.25) is 0 Å². The first kappa shape index (κ1) is 17.5. The normalized spacial score (nSPS) is 10.8.